The van der Waals surface area contributed by atoms with Gasteiger partial charge in [-0.15, -0.1) is 0 Å². The van der Waals surface area contributed by atoms with Crippen LogP contribution in [0.3, 0.4) is 0 Å². The highest BCUT2D eigenvalue weighted by atomic mass is 19.4. The zero-order valence-corrected chi connectivity index (χ0v) is 10.0. The van der Waals surface area contributed by atoms with E-state index >= 15 is 0 Å². The van der Waals surface area contributed by atoms with Crippen LogP contribution in [0, 0.1) is 0 Å². The minimum absolute atomic E-state index is 0.442. The quantitative estimate of drug-likeness (QED) is 0.458. The Bertz CT molecular complexity index is 436. The van der Waals surface area contributed by atoms with Crippen LogP contribution in [0.4, 0.5) is 8.96 Å². The Labute approximate surface area is 103 Å². The summed E-state index contributed by atoms with van der Waals surface area (Å²) in [6.07, 6.45) is -0.442. The van der Waals surface area contributed by atoms with E-state index in [1.54, 1.807) is 30.3 Å². The fraction of sp³-hybridized carbons (Fsp3) is 0.333. The summed E-state index contributed by atoms with van der Waals surface area (Å²) >= 11 is 0. The first-order chi connectivity index (χ1) is 8.45. The number of benzene rings is 1. The number of ether oxygens (including phenoxy) is 1. The minimum Gasteiger partial charge on any atom is -0.467 e. The molecular weight excluding hydrogens is 244 g/mol. The van der Waals surface area contributed by atoms with Crippen molar-refractivity contribution in [2.45, 2.75) is 18.9 Å². The van der Waals surface area contributed by atoms with Gasteiger partial charge in [0.2, 0.25) is 5.54 Å². The van der Waals surface area contributed by atoms with Gasteiger partial charge in [0.05, 0.1) is 7.11 Å². The molecule has 1 rings (SSSR count). The number of methoxy groups -OCH3 is 1. The van der Waals surface area contributed by atoms with E-state index in [4.69, 9.17) is 0 Å². The van der Waals surface area contributed by atoms with Crippen molar-refractivity contribution in [3.63, 3.8) is 0 Å². The Morgan fingerprint density at radius 2 is 1.83 bits per heavy atom. The molecule has 6 heteroatoms. The average molecular weight is 257 g/mol. The number of carbonyl (C=O) groups is 2. The van der Waals surface area contributed by atoms with Crippen molar-refractivity contribution < 1.29 is 23.3 Å². The number of carbonyl (C=O) groups excluding carboxylic acids is 2. The van der Waals surface area contributed by atoms with Crippen LogP contribution in [-0.4, -0.2) is 29.7 Å². The van der Waals surface area contributed by atoms with Crippen molar-refractivity contribution in [1.29, 1.82) is 0 Å². The summed E-state index contributed by atoms with van der Waals surface area (Å²) in [4.78, 5) is 23.0. The molecule has 0 saturated heterocycles. The molecule has 18 heavy (non-hydrogen) atoms. The van der Waals surface area contributed by atoms with E-state index in [0.29, 0.717) is 5.56 Å². The SMILES string of the molecule is COC(=O)[C@@](Cc1ccccc1)(C(C)=O)N(F)F. The maximum absolute atomic E-state index is 13.0. The monoisotopic (exact) mass is 257 g/mol. The summed E-state index contributed by atoms with van der Waals surface area (Å²) in [5.41, 5.74) is -2.14. The third-order valence-electron chi connectivity index (χ3n) is 2.70. The predicted octanol–water partition coefficient (Wildman–Crippen LogP) is 1.80. The topological polar surface area (TPSA) is 46.6 Å². The maximum Gasteiger partial charge on any atom is 0.340 e. The van der Waals surface area contributed by atoms with E-state index in [-0.39, 0.29) is 0 Å². The van der Waals surface area contributed by atoms with E-state index in [2.05, 4.69) is 4.74 Å². The highest BCUT2D eigenvalue weighted by molar-refractivity contribution is 6.07. The van der Waals surface area contributed by atoms with Crippen LogP contribution >= 0.6 is 0 Å². The van der Waals surface area contributed by atoms with Crippen molar-refractivity contribution in [1.82, 2.24) is 5.34 Å². The van der Waals surface area contributed by atoms with Gasteiger partial charge in [-0.05, 0) is 12.5 Å². The molecule has 1 aromatic rings. The standard InChI is InChI=1S/C12H13F2NO3/c1-9(16)12(15(13)14,11(17)18-2)8-10-6-4-3-5-7-10/h3-7H,8H2,1-2H3/t12-/m1/s1. The molecule has 0 N–H and O–H groups in total. The number of nitrogens with zero attached hydrogens (tertiary/aromatic N) is 1. The highest BCUT2D eigenvalue weighted by Crippen LogP contribution is 2.25. The largest absolute Gasteiger partial charge is 0.467 e. The molecule has 1 aromatic carbocycles. The number of esters is 1. The summed E-state index contributed by atoms with van der Waals surface area (Å²) in [6.45, 7) is 0.937. The lowest BCUT2D eigenvalue weighted by Crippen LogP contribution is -2.55. The van der Waals surface area contributed by atoms with Gasteiger partial charge in [0, 0.05) is 11.8 Å². The van der Waals surface area contributed by atoms with Crippen LogP contribution in [0.1, 0.15) is 12.5 Å². The second-order valence-electron chi connectivity index (χ2n) is 3.80. The van der Waals surface area contributed by atoms with Crippen LogP contribution in [-0.2, 0) is 20.7 Å². The summed E-state index contributed by atoms with van der Waals surface area (Å²) in [5, 5.41) is -1.38. The smallest absolute Gasteiger partial charge is 0.340 e. The van der Waals surface area contributed by atoms with E-state index in [1.165, 1.54) is 0 Å². The first kappa shape index (κ1) is 14.2. The molecule has 0 aliphatic heterocycles. The molecule has 0 fully saturated rings. The van der Waals surface area contributed by atoms with Crippen LogP contribution < -0.4 is 0 Å². The second kappa shape index (κ2) is 5.68. The first-order valence-corrected chi connectivity index (χ1v) is 5.20. The number of halogens is 2. The van der Waals surface area contributed by atoms with Crippen LogP contribution in [0.25, 0.3) is 0 Å². The van der Waals surface area contributed by atoms with Gasteiger partial charge in [0.25, 0.3) is 0 Å². The van der Waals surface area contributed by atoms with Crippen LogP contribution in [0.5, 0.6) is 0 Å². The zero-order chi connectivity index (χ0) is 13.8. The van der Waals surface area contributed by atoms with Crippen LogP contribution in [0.15, 0.2) is 30.3 Å². The van der Waals surface area contributed by atoms with Crippen LogP contribution in [0.2, 0.25) is 0 Å². The molecule has 0 aromatic heterocycles. The van der Waals surface area contributed by atoms with E-state index in [1.807, 2.05) is 0 Å². The van der Waals surface area contributed by atoms with E-state index < -0.39 is 29.1 Å². The average Bonchev–Trinajstić information content (AvgIpc) is 2.35. The van der Waals surface area contributed by atoms with E-state index in [0.717, 1.165) is 14.0 Å². The molecule has 1 atom stereocenters. The Morgan fingerprint density at radius 1 is 1.28 bits per heavy atom. The lowest BCUT2D eigenvalue weighted by Gasteiger charge is -2.27. The molecule has 0 aliphatic rings. The Kier molecular flexibility index (Phi) is 4.49. The fourth-order valence-corrected chi connectivity index (χ4v) is 1.65. The summed E-state index contributed by atoms with van der Waals surface area (Å²) in [7, 11) is 0.967. The first-order valence-electron chi connectivity index (χ1n) is 5.20. The van der Waals surface area contributed by atoms with Gasteiger partial charge in [-0.2, -0.15) is 0 Å². The molecule has 0 radical (unpaired) electrons. The number of Topliss-reactive ketones (excluding diaryl/α,β-unsaturated/α-hetero) is 1. The maximum atomic E-state index is 13.0. The molecule has 98 valence electrons. The molecule has 0 unspecified atom stereocenters. The molecule has 0 aliphatic carbocycles. The molecular formula is C12H13F2NO3. The van der Waals surface area contributed by atoms with Gasteiger partial charge in [-0.3, -0.25) is 4.79 Å². The van der Waals surface area contributed by atoms with Crippen molar-refractivity contribution in [2.24, 2.45) is 0 Å². The van der Waals surface area contributed by atoms with Crippen molar-refractivity contribution in [3.05, 3.63) is 35.9 Å². The fourth-order valence-electron chi connectivity index (χ4n) is 1.65. The van der Waals surface area contributed by atoms with Crippen molar-refractivity contribution in [2.75, 3.05) is 7.11 Å². The number of ketones is 1. The summed E-state index contributed by atoms with van der Waals surface area (Å²) < 4.78 is 30.4. The van der Waals surface area contributed by atoms with Gasteiger partial charge in [0.15, 0.2) is 5.78 Å². The van der Waals surface area contributed by atoms with Gasteiger partial charge in [-0.25, -0.2) is 4.79 Å². The Morgan fingerprint density at radius 3 is 2.22 bits per heavy atom. The van der Waals surface area contributed by atoms with Crippen molar-refractivity contribution in [3.8, 4) is 0 Å². The van der Waals surface area contributed by atoms with E-state index in [9.17, 15) is 18.6 Å². The highest BCUT2D eigenvalue weighted by Gasteiger charge is 2.52. The molecule has 0 heterocycles. The normalized spacial score (nSPS) is 14.1. The number of rotatable bonds is 5. The summed E-state index contributed by atoms with van der Waals surface area (Å²) in [5.74, 6) is -2.24. The lowest BCUT2D eigenvalue weighted by molar-refractivity contribution is -0.233. The van der Waals surface area contributed by atoms with Gasteiger partial charge >= 0.3 is 5.97 Å². The van der Waals surface area contributed by atoms with Gasteiger partial charge in [-0.1, -0.05) is 39.3 Å². The molecule has 0 spiro atoms. The third kappa shape index (κ3) is 2.53. The second-order valence-corrected chi connectivity index (χ2v) is 3.80. The minimum atomic E-state index is -2.59. The van der Waals surface area contributed by atoms with Crippen molar-refractivity contribution >= 4 is 11.8 Å². The molecule has 4 nitrogen and oxygen atoms in total. The number of hydrogen-bond donors (Lipinski definition) is 0. The Balaban J connectivity index is 3.19. The third-order valence-corrected chi connectivity index (χ3v) is 2.70. The number of hydrogen-bond acceptors (Lipinski definition) is 4. The molecule has 0 amide bonds. The predicted molar refractivity (Wildman–Crippen MR) is 59.6 cm³/mol. The summed E-state index contributed by atoms with van der Waals surface area (Å²) in [6, 6.07) is 8.10. The molecule has 0 bridgehead atoms. The zero-order valence-electron chi connectivity index (χ0n) is 10.0. The van der Waals surface area contributed by atoms with Gasteiger partial charge < -0.3 is 4.74 Å². The Hall–Kier alpha value is -1.82. The molecule has 0 saturated carbocycles. The lowest BCUT2D eigenvalue weighted by atomic mass is 9.88. The van der Waals surface area contributed by atoms with Gasteiger partial charge in [0.1, 0.15) is 0 Å².